The van der Waals surface area contributed by atoms with E-state index < -0.39 is 0 Å². The van der Waals surface area contributed by atoms with Gasteiger partial charge in [0.25, 0.3) is 0 Å². The van der Waals surface area contributed by atoms with Gasteiger partial charge in [0, 0.05) is 24.7 Å². The van der Waals surface area contributed by atoms with Crippen LogP contribution in [0.15, 0.2) is 11.6 Å². The first-order valence-electron chi connectivity index (χ1n) is 5.10. The zero-order valence-electron chi connectivity index (χ0n) is 8.39. The lowest BCUT2D eigenvalue weighted by Crippen LogP contribution is -2.36. The number of hydrogen-bond acceptors (Lipinski definition) is 4. The van der Waals surface area contributed by atoms with Gasteiger partial charge in [-0.15, -0.1) is 11.3 Å². The topological polar surface area (TPSA) is 36.4 Å². The number of aliphatic hydroxyl groups is 1. The minimum absolute atomic E-state index is 0.159. The molecule has 1 saturated heterocycles. The van der Waals surface area contributed by atoms with E-state index >= 15 is 0 Å². The van der Waals surface area contributed by atoms with Crippen LogP contribution in [-0.2, 0) is 0 Å². The second-order valence-corrected chi connectivity index (χ2v) is 4.75. The van der Waals surface area contributed by atoms with Crippen LogP contribution < -0.4 is 4.90 Å². The minimum atomic E-state index is -0.159. The van der Waals surface area contributed by atoms with Crippen molar-refractivity contribution in [3.8, 4) is 0 Å². The lowest BCUT2D eigenvalue weighted by atomic mass is 9.92. The second-order valence-electron chi connectivity index (χ2n) is 3.88. The Labute approximate surface area is 88.4 Å². The Kier molecular flexibility index (Phi) is 3.03. The Morgan fingerprint density at radius 1 is 1.57 bits per heavy atom. The Morgan fingerprint density at radius 2 is 2.29 bits per heavy atom. The maximum atomic E-state index is 9.46. The van der Waals surface area contributed by atoms with Crippen LogP contribution >= 0.6 is 11.3 Å². The first kappa shape index (κ1) is 9.93. The standard InChI is InChI=1S/C10H16N2OS/c1-8(13)9-2-5-12(6-3-9)10-11-4-7-14-10/h4,7-9,13H,2-3,5-6H2,1H3. The summed E-state index contributed by atoms with van der Waals surface area (Å²) in [5, 5.41) is 12.6. The Bertz CT molecular complexity index is 266. The fourth-order valence-corrected chi connectivity index (χ4v) is 2.64. The highest BCUT2D eigenvalue weighted by molar-refractivity contribution is 7.13. The molecule has 1 aliphatic heterocycles. The summed E-state index contributed by atoms with van der Waals surface area (Å²) in [5.41, 5.74) is 0. The first-order chi connectivity index (χ1) is 6.77. The monoisotopic (exact) mass is 212 g/mol. The molecule has 1 atom stereocenters. The van der Waals surface area contributed by atoms with Crippen LogP contribution in [0.1, 0.15) is 19.8 Å². The van der Waals surface area contributed by atoms with Gasteiger partial charge in [-0.1, -0.05) is 0 Å². The van der Waals surface area contributed by atoms with Crippen molar-refractivity contribution in [3.05, 3.63) is 11.6 Å². The molecule has 2 rings (SSSR count). The van der Waals surface area contributed by atoms with Gasteiger partial charge in [-0.05, 0) is 25.7 Å². The van der Waals surface area contributed by atoms with Crippen molar-refractivity contribution >= 4 is 16.5 Å². The molecule has 1 aliphatic rings. The average Bonchev–Trinajstić information content (AvgIpc) is 2.71. The third-order valence-corrected chi connectivity index (χ3v) is 3.74. The molecule has 0 saturated carbocycles. The summed E-state index contributed by atoms with van der Waals surface area (Å²) in [6, 6.07) is 0. The van der Waals surface area contributed by atoms with E-state index in [4.69, 9.17) is 0 Å². The number of aromatic nitrogens is 1. The summed E-state index contributed by atoms with van der Waals surface area (Å²) in [4.78, 5) is 6.60. The van der Waals surface area contributed by atoms with Gasteiger partial charge >= 0.3 is 0 Å². The molecule has 1 unspecified atom stereocenters. The lowest BCUT2D eigenvalue weighted by molar-refractivity contribution is 0.110. The van der Waals surface area contributed by atoms with Gasteiger partial charge in [0.2, 0.25) is 0 Å². The Hall–Kier alpha value is -0.610. The molecule has 0 amide bonds. The van der Waals surface area contributed by atoms with Crippen LogP contribution in [0.5, 0.6) is 0 Å². The lowest BCUT2D eigenvalue weighted by Gasteiger charge is -2.32. The molecule has 0 spiro atoms. The Morgan fingerprint density at radius 3 is 2.79 bits per heavy atom. The van der Waals surface area contributed by atoms with Crippen molar-refractivity contribution in [1.82, 2.24) is 4.98 Å². The molecule has 2 heterocycles. The second kappa shape index (κ2) is 4.28. The number of piperidine rings is 1. The number of rotatable bonds is 2. The van der Waals surface area contributed by atoms with E-state index in [0.29, 0.717) is 5.92 Å². The predicted molar refractivity (Wildman–Crippen MR) is 58.7 cm³/mol. The van der Waals surface area contributed by atoms with Crippen molar-refractivity contribution in [1.29, 1.82) is 0 Å². The van der Waals surface area contributed by atoms with Crippen LogP contribution in [0.4, 0.5) is 5.13 Å². The molecule has 14 heavy (non-hydrogen) atoms. The molecule has 1 N–H and O–H groups in total. The summed E-state index contributed by atoms with van der Waals surface area (Å²) in [5.74, 6) is 0.478. The van der Waals surface area contributed by atoms with Gasteiger partial charge in [0.05, 0.1) is 6.10 Å². The summed E-state index contributed by atoms with van der Waals surface area (Å²) >= 11 is 1.69. The van der Waals surface area contributed by atoms with Crippen LogP contribution in [0, 0.1) is 5.92 Å². The van der Waals surface area contributed by atoms with E-state index in [1.165, 1.54) is 0 Å². The van der Waals surface area contributed by atoms with Gasteiger partial charge in [0.1, 0.15) is 0 Å². The van der Waals surface area contributed by atoms with Crippen molar-refractivity contribution in [2.75, 3.05) is 18.0 Å². The zero-order valence-corrected chi connectivity index (χ0v) is 9.20. The van der Waals surface area contributed by atoms with Crippen molar-refractivity contribution < 1.29 is 5.11 Å². The van der Waals surface area contributed by atoms with Gasteiger partial charge < -0.3 is 10.0 Å². The van der Waals surface area contributed by atoms with Crippen LogP contribution in [0.2, 0.25) is 0 Å². The fraction of sp³-hybridized carbons (Fsp3) is 0.700. The molecular formula is C10H16N2OS. The van der Waals surface area contributed by atoms with Gasteiger partial charge in [-0.25, -0.2) is 4.98 Å². The molecular weight excluding hydrogens is 196 g/mol. The Balaban J connectivity index is 1.90. The third-order valence-electron chi connectivity index (χ3n) is 2.91. The van der Waals surface area contributed by atoms with E-state index in [1.807, 2.05) is 18.5 Å². The summed E-state index contributed by atoms with van der Waals surface area (Å²) in [6.07, 6.45) is 3.85. The SMILES string of the molecule is CC(O)C1CCN(c2nccs2)CC1. The molecule has 1 fully saturated rings. The number of hydrogen-bond donors (Lipinski definition) is 1. The highest BCUT2D eigenvalue weighted by Crippen LogP contribution is 2.26. The van der Waals surface area contributed by atoms with Crippen LogP contribution in [-0.4, -0.2) is 29.3 Å². The smallest absolute Gasteiger partial charge is 0.185 e. The molecule has 4 heteroatoms. The average molecular weight is 212 g/mol. The summed E-state index contributed by atoms with van der Waals surface area (Å²) < 4.78 is 0. The van der Waals surface area contributed by atoms with Gasteiger partial charge in [-0.3, -0.25) is 0 Å². The van der Waals surface area contributed by atoms with E-state index in [0.717, 1.165) is 31.1 Å². The third kappa shape index (κ3) is 2.07. The quantitative estimate of drug-likeness (QED) is 0.811. The van der Waals surface area contributed by atoms with E-state index in [-0.39, 0.29) is 6.10 Å². The fourth-order valence-electron chi connectivity index (χ4n) is 1.95. The highest BCUT2D eigenvalue weighted by atomic mass is 32.1. The van der Waals surface area contributed by atoms with E-state index in [9.17, 15) is 5.11 Å². The molecule has 3 nitrogen and oxygen atoms in total. The maximum Gasteiger partial charge on any atom is 0.185 e. The van der Waals surface area contributed by atoms with E-state index in [2.05, 4.69) is 9.88 Å². The van der Waals surface area contributed by atoms with Crippen molar-refractivity contribution in [3.63, 3.8) is 0 Å². The molecule has 78 valence electrons. The predicted octanol–water partition coefficient (Wildman–Crippen LogP) is 1.74. The zero-order chi connectivity index (χ0) is 9.97. The molecule has 1 aromatic rings. The number of aliphatic hydroxyl groups excluding tert-OH is 1. The molecule has 0 radical (unpaired) electrons. The summed E-state index contributed by atoms with van der Waals surface area (Å²) in [6.45, 7) is 3.95. The molecule has 0 bridgehead atoms. The first-order valence-corrected chi connectivity index (χ1v) is 5.98. The molecule has 1 aromatic heterocycles. The minimum Gasteiger partial charge on any atom is -0.393 e. The number of anilines is 1. The number of thiazole rings is 1. The van der Waals surface area contributed by atoms with Gasteiger partial charge in [-0.2, -0.15) is 0 Å². The van der Waals surface area contributed by atoms with Gasteiger partial charge in [0.15, 0.2) is 5.13 Å². The maximum absolute atomic E-state index is 9.46. The normalized spacial score (nSPS) is 21.1. The number of nitrogens with zero attached hydrogens (tertiary/aromatic N) is 2. The van der Waals surface area contributed by atoms with Crippen LogP contribution in [0.25, 0.3) is 0 Å². The van der Waals surface area contributed by atoms with Crippen molar-refractivity contribution in [2.45, 2.75) is 25.9 Å². The highest BCUT2D eigenvalue weighted by Gasteiger charge is 2.23. The molecule has 0 aromatic carbocycles. The van der Waals surface area contributed by atoms with Crippen molar-refractivity contribution in [2.24, 2.45) is 5.92 Å². The largest absolute Gasteiger partial charge is 0.393 e. The summed E-state index contributed by atoms with van der Waals surface area (Å²) in [7, 11) is 0. The van der Waals surface area contributed by atoms with Crippen LogP contribution in [0.3, 0.4) is 0 Å². The molecule has 0 aliphatic carbocycles. The van der Waals surface area contributed by atoms with E-state index in [1.54, 1.807) is 11.3 Å².